The normalized spacial score (nSPS) is 10.6. The second-order valence-corrected chi connectivity index (χ2v) is 5.44. The number of benzene rings is 1. The quantitative estimate of drug-likeness (QED) is 0.821. The van der Waals surface area contributed by atoms with Crippen LogP contribution in [-0.4, -0.2) is 43.0 Å². The smallest absolute Gasteiger partial charge is 0.269 e. The van der Waals surface area contributed by atoms with E-state index < -0.39 is 0 Å². The SMILES string of the molecule is CN(C)CCNC(=O)c1ccc(NCc2ccccc2F)cn1. The Morgan fingerprint density at radius 2 is 2.00 bits per heavy atom. The molecule has 0 bridgehead atoms. The van der Waals surface area contributed by atoms with Crippen LogP contribution in [0.25, 0.3) is 0 Å². The van der Waals surface area contributed by atoms with Gasteiger partial charge in [-0.05, 0) is 32.3 Å². The first-order valence-corrected chi connectivity index (χ1v) is 7.42. The number of halogens is 1. The molecule has 0 saturated carbocycles. The monoisotopic (exact) mass is 316 g/mol. The minimum atomic E-state index is -0.246. The molecule has 2 aromatic rings. The van der Waals surface area contributed by atoms with E-state index in [1.807, 2.05) is 19.0 Å². The van der Waals surface area contributed by atoms with Crippen LogP contribution in [0.2, 0.25) is 0 Å². The molecule has 0 atom stereocenters. The van der Waals surface area contributed by atoms with Crippen molar-refractivity contribution in [2.75, 3.05) is 32.5 Å². The summed E-state index contributed by atoms with van der Waals surface area (Å²) in [5, 5.41) is 5.89. The van der Waals surface area contributed by atoms with Gasteiger partial charge in [0.05, 0.1) is 11.9 Å². The van der Waals surface area contributed by atoms with Gasteiger partial charge in [-0.1, -0.05) is 18.2 Å². The second kappa shape index (κ2) is 8.24. The van der Waals surface area contributed by atoms with Gasteiger partial charge in [-0.25, -0.2) is 9.37 Å². The van der Waals surface area contributed by atoms with Gasteiger partial charge in [-0.15, -0.1) is 0 Å². The summed E-state index contributed by atoms with van der Waals surface area (Å²) >= 11 is 0. The Hall–Kier alpha value is -2.47. The van der Waals surface area contributed by atoms with Crippen LogP contribution < -0.4 is 10.6 Å². The molecule has 0 spiro atoms. The number of amides is 1. The molecule has 0 unspecified atom stereocenters. The first-order valence-electron chi connectivity index (χ1n) is 7.42. The molecule has 1 amide bonds. The van der Waals surface area contributed by atoms with E-state index in [-0.39, 0.29) is 11.7 Å². The molecule has 5 nitrogen and oxygen atoms in total. The lowest BCUT2D eigenvalue weighted by Gasteiger charge is -2.10. The van der Waals surface area contributed by atoms with Crippen molar-refractivity contribution < 1.29 is 9.18 Å². The number of carbonyl (C=O) groups excluding carboxylic acids is 1. The van der Waals surface area contributed by atoms with Gasteiger partial charge in [-0.3, -0.25) is 4.79 Å². The summed E-state index contributed by atoms with van der Waals surface area (Å²) in [5.41, 5.74) is 1.68. The van der Waals surface area contributed by atoms with E-state index in [0.29, 0.717) is 24.3 Å². The van der Waals surface area contributed by atoms with Crippen LogP contribution in [0.1, 0.15) is 16.1 Å². The minimum absolute atomic E-state index is 0.201. The van der Waals surface area contributed by atoms with Gasteiger partial charge in [0.1, 0.15) is 11.5 Å². The highest BCUT2D eigenvalue weighted by Crippen LogP contribution is 2.11. The number of likely N-dealkylation sites (N-methyl/N-ethyl adjacent to an activating group) is 1. The number of nitrogens with zero attached hydrogens (tertiary/aromatic N) is 2. The van der Waals surface area contributed by atoms with Crippen LogP contribution in [0.3, 0.4) is 0 Å². The van der Waals surface area contributed by atoms with Gasteiger partial charge in [-0.2, -0.15) is 0 Å². The molecule has 1 heterocycles. The molecule has 2 N–H and O–H groups in total. The number of aromatic nitrogens is 1. The highest BCUT2D eigenvalue weighted by molar-refractivity contribution is 5.92. The molecular weight excluding hydrogens is 295 g/mol. The summed E-state index contributed by atoms with van der Waals surface area (Å²) in [4.78, 5) is 18.0. The number of hydrogen-bond donors (Lipinski definition) is 2. The minimum Gasteiger partial charge on any atom is -0.380 e. The van der Waals surface area contributed by atoms with Crippen molar-refractivity contribution in [3.05, 3.63) is 59.7 Å². The fourth-order valence-electron chi connectivity index (χ4n) is 1.96. The van der Waals surface area contributed by atoms with Gasteiger partial charge in [0.2, 0.25) is 0 Å². The predicted octanol–water partition coefficient (Wildman–Crippen LogP) is 2.12. The summed E-state index contributed by atoms with van der Waals surface area (Å²) in [6, 6.07) is 10.0. The fraction of sp³-hybridized carbons (Fsp3) is 0.294. The largest absolute Gasteiger partial charge is 0.380 e. The predicted molar refractivity (Wildman–Crippen MR) is 88.9 cm³/mol. The van der Waals surface area contributed by atoms with Crippen LogP contribution in [0.15, 0.2) is 42.6 Å². The third kappa shape index (κ3) is 5.34. The van der Waals surface area contributed by atoms with Crippen molar-refractivity contribution in [3.63, 3.8) is 0 Å². The van der Waals surface area contributed by atoms with E-state index in [9.17, 15) is 9.18 Å². The van der Waals surface area contributed by atoms with E-state index in [1.54, 1.807) is 36.5 Å². The molecule has 23 heavy (non-hydrogen) atoms. The summed E-state index contributed by atoms with van der Waals surface area (Å²) in [5.74, 6) is -0.447. The molecule has 0 saturated heterocycles. The average molecular weight is 316 g/mol. The van der Waals surface area contributed by atoms with E-state index >= 15 is 0 Å². The zero-order valence-corrected chi connectivity index (χ0v) is 13.3. The fourth-order valence-corrected chi connectivity index (χ4v) is 1.96. The summed E-state index contributed by atoms with van der Waals surface area (Å²) in [7, 11) is 3.89. The molecule has 122 valence electrons. The number of nitrogens with one attached hydrogen (secondary N) is 2. The van der Waals surface area contributed by atoms with Gasteiger partial charge < -0.3 is 15.5 Å². The number of hydrogen-bond acceptors (Lipinski definition) is 4. The van der Waals surface area contributed by atoms with Crippen LogP contribution in [-0.2, 0) is 6.54 Å². The Bertz CT molecular complexity index is 643. The molecule has 0 aliphatic heterocycles. The van der Waals surface area contributed by atoms with E-state index in [0.717, 1.165) is 12.2 Å². The molecule has 0 fully saturated rings. The third-order valence-electron chi connectivity index (χ3n) is 3.28. The first kappa shape index (κ1) is 16.9. The van der Waals surface area contributed by atoms with Crippen LogP contribution >= 0.6 is 0 Å². The maximum atomic E-state index is 13.5. The van der Waals surface area contributed by atoms with Crippen LogP contribution in [0, 0.1) is 5.82 Å². The number of anilines is 1. The van der Waals surface area contributed by atoms with Gasteiger partial charge in [0, 0.05) is 25.2 Å². The van der Waals surface area contributed by atoms with E-state index in [1.165, 1.54) is 6.07 Å². The maximum Gasteiger partial charge on any atom is 0.269 e. The lowest BCUT2D eigenvalue weighted by molar-refractivity contribution is 0.0946. The zero-order valence-electron chi connectivity index (χ0n) is 13.3. The molecule has 0 aliphatic carbocycles. The van der Waals surface area contributed by atoms with Crippen molar-refractivity contribution in [1.82, 2.24) is 15.2 Å². The van der Waals surface area contributed by atoms with Crippen molar-refractivity contribution in [2.24, 2.45) is 0 Å². The average Bonchev–Trinajstić information content (AvgIpc) is 2.54. The molecule has 0 aliphatic rings. The Morgan fingerprint density at radius 1 is 1.22 bits per heavy atom. The zero-order chi connectivity index (χ0) is 16.7. The molecular formula is C17H21FN4O. The molecule has 1 aromatic heterocycles. The highest BCUT2D eigenvalue weighted by atomic mass is 19.1. The maximum absolute atomic E-state index is 13.5. The molecule has 1 aromatic carbocycles. The van der Waals surface area contributed by atoms with Crippen molar-refractivity contribution in [3.8, 4) is 0 Å². The highest BCUT2D eigenvalue weighted by Gasteiger charge is 2.07. The van der Waals surface area contributed by atoms with Crippen molar-refractivity contribution >= 4 is 11.6 Å². The van der Waals surface area contributed by atoms with Crippen LogP contribution in [0.5, 0.6) is 0 Å². The summed E-state index contributed by atoms with van der Waals surface area (Å²) in [6.45, 7) is 1.71. The summed E-state index contributed by atoms with van der Waals surface area (Å²) < 4.78 is 13.5. The van der Waals surface area contributed by atoms with Crippen LogP contribution in [0.4, 0.5) is 10.1 Å². The second-order valence-electron chi connectivity index (χ2n) is 5.44. The topological polar surface area (TPSA) is 57.3 Å². The number of carbonyl (C=O) groups is 1. The number of rotatable bonds is 7. The Labute approximate surface area is 135 Å². The van der Waals surface area contributed by atoms with E-state index in [2.05, 4.69) is 15.6 Å². The summed E-state index contributed by atoms with van der Waals surface area (Å²) in [6.07, 6.45) is 1.57. The lowest BCUT2D eigenvalue weighted by atomic mass is 10.2. The first-order chi connectivity index (χ1) is 11.1. The van der Waals surface area contributed by atoms with Crippen molar-refractivity contribution in [1.29, 1.82) is 0 Å². The Morgan fingerprint density at radius 3 is 2.65 bits per heavy atom. The Kier molecular flexibility index (Phi) is 6.05. The molecule has 6 heteroatoms. The molecule has 2 rings (SSSR count). The molecule has 0 radical (unpaired) electrons. The number of pyridine rings is 1. The third-order valence-corrected chi connectivity index (χ3v) is 3.28. The van der Waals surface area contributed by atoms with Crippen molar-refractivity contribution in [2.45, 2.75) is 6.54 Å². The van der Waals surface area contributed by atoms with E-state index in [4.69, 9.17) is 0 Å². The Balaban J connectivity index is 1.87. The van der Waals surface area contributed by atoms with Gasteiger partial charge >= 0.3 is 0 Å². The standard InChI is InChI=1S/C17H21FN4O/c1-22(2)10-9-19-17(23)16-8-7-14(12-21-16)20-11-13-5-3-4-6-15(13)18/h3-8,12,20H,9-11H2,1-2H3,(H,19,23). The van der Waals surface area contributed by atoms with Gasteiger partial charge in [0.25, 0.3) is 5.91 Å². The lowest BCUT2D eigenvalue weighted by Crippen LogP contribution is -2.31. The van der Waals surface area contributed by atoms with Gasteiger partial charge in [0.15, 0.2) is 0 Å².